The molecular weight excluding hydrogens is 296 g/mol. The molecule has 0 aliphatic carbocycles. The largest absolute Gasteiger partial charge is 0.279 e. The summed E-state index contributed by atoms with van der Waals surface area (Å²) >= 11 is 0. The number of aryl methyl sites for hydroxylation is 2. The van der Waals surface area contributed by atoms with Crippen molar-refractivity contribution in [3.05, 3.63) is 45.8 Å². The molecule has 21 heavy (non-hydrogen) atoms. The van der Waals surface area contributed by atoms with Crippen molar-refractivity contribution in [1.82, 2.24) is 9.78 Å². The summed E-state index contributed by atoms with van der Waals surface area (Å²) in [6, 6.07) is 3.94. The molecule has 0 saturated carbocycles. The Morgan fingerprint density at radius 2 is 2.00 bits per heavy atom. The fourth-order valence-electron chi connectivity index (χ4n) is 1.82. The third kappa shape index (κ3) is 2.87. The van der Waals surface area contributed by atoms with E-state index in [0.29, 0.717) is 16.9 Å². The van der Waals surface area contributed by atoms with Gasteiger partial charge in [0.1, 0.15) is 4.90 Å². The van der Waals surface area contributed by atoms with Gasteiger partial charge in [-0.1, -0.05) is 0 Å². The highest BCUT2D eigenvalue weighted by Gasteiger charge is 2.21. The second kappa shape index (κ2) is 5.17. The summed E-state index contributed by atoms with van der Waals surface area (Å²) in [4.78, 5) is 10.2. The number of anilines is 1. The van der Waals surface area contributed by atoms with Crippen LogP contribution >= 0.6 is 0 Å². The van der Waals surface area contributed by atoms with Crippen molar-refractivity contribution >= 4 is 21.4 Å². The van der Waals surface area contributed by atoms with Gasteiger partial charge in [0.25, 0.3) is 15.7 Å². The van der Waals surface area contributed by atoms with Crippen molar-refractivity contribution in [1.29, 1.82) is 0 Å². The van der Waals surface area contributed by atoms with E-state index in [9.17, 15) is 18.5 Å². The molecule has 1 heterocycles. The number of nitro groups is 1. The highest BCUT2D eigenvalue weighted by Crippen LogP contribution is 2.24. The molecule has 0 aliphatic rings. The number of nitrogens with one attached hydrogen (secondary N) is 1. The molecule has 0 fully saturated rings. The molecule has 9 heteroatoms. The van der Waals surface area contributed by atoms with Crippen molar-refractivity contribution in [3.8, 4) is 0 Å². The van der Waals surface area contributed by atoms with E-state index < -0.39 is 14.9 Å². The maximum Gasteiger partial charge on any atom is 0.269 e. The number of aromatic nitrogens is 2. The van der Waals surface area contributed by atoms with Crippen LogP contribution in [0, 0.1) is 24.0 Å². The summed E-state index contributed by atoms with van der Waals surface area (Å²) in [5.41, 5.74) is 1.17. The molecule has 0 atom stereocenters. The number of nitrogens with zero attached hydrogens (tertiary/aromatic N) is 3. The Morgan fingerprint density at radius 1 is 1.33 bits per heavy atom. The molecule has 0 amide bonds. The molecule has 1 aromatic carbocycles. The Bertz CT molecular complexity index is 811. The Balaban J connectivity index is 2.37. The number of benzene rings is 1. The lowest BCUT2D eigenvalue weighted by atomic mass is 10.2. The molecule has 8 nitrogen and oxygen atoms in total. The molecule has 1 aromatic heterocycles. The number of hydrogen-bond acceptors (Lipinski definition) is 5. The molecule has 0 unspecified atom stereocenters. The van der Waals surface area contributed by atoms with Gasteiger partial charge in [-0.05, 0) is 25.5 Å². The van der Waals surface area contributed by atoms with E-state index in [-0.39, 0.29) is 10.6 Å². The summed E-state index contributed by atoms with van der Waals surface area (Å²) in [5.74, 6) is 0. The van der Waals surface area contributed by atoms with Crippen LogP contribution in [-0.2, 0) is 17.1 Å². The van der Waals surface area contributed by atoms with E-state index in [0.717, 1.165) is 0 Å². The Kier molecular flexibility index (Phi) is 3.69. The van der Waals surface area contributed by atoms with Crippen LogP contribution in [0.4, 0.5) is 11.4 Å². The van der Waals surface area contributed by atoms with Crippen LogP contribution in [-0.4, -0.2) is 23.1 Å². The zero-order valence-corrected chi connectivity index (χ0v) is 12.5. The molecule has 0 saturated heterocycles. The van der Waals surface area contributed by atoms with Gasteiger partial charge in [-0.3, -0.25) is 19.5 Å². The molecule has 0 bridgehead atoms. The summed E-state index contributed by atoms with van der Waals surface area (Å²) < 4.78 is 28.5. The minimum Gasteiger partial charge on any atom is -0.279 e. The number of nitro benzene ring substituents is 1. The van der Waals surface area contributed by atoms with Gasteiger partial charge in [0.05, 0.1) is 22.5 Å². The average Bonchev–Trinajstić information content (AvgIpc) is 2.72. The molecule has 112 valence electrons. The number of non-ortho nitro benzene ring substituents is 1. The normalized spacial score (nSPS) is 11.4. The van der Waals surface area contributed by atoms with Crippen molar-refractivity contribution in [2.24, 2.45) is 7.05 Å². The number of hydrogen-bond donors (Lipinski definition) is 1. The van der Waals surface area contributed by atoms with E-state index in [2.05, 4.69) is 9.82 Å². The average molecular weight is 310 g/mol. The highest BCUT2D eigenvalue weighted by molar-refractivity contribution is 7.92. The van der Waals surface area contributed by atoms with Crippen molar-refractivity contribution in [2.75, 3.05) is 4.72 Å². The zero-order chi connectivity index (χ0) is 15.8. The van der Waals surface area contributed by atoms with Crippen molar-refractivity contribution in [2.45, 2.75) is 18.7 Å². The molecule has 2 aromatic rings. The third-order valence-corrected chi connectivity index (χ3v) is 4.61. The number of rotatable bonds is 4. The molecule has 0 aliphatic heterocycles. The lowest BCUT2D eigenvalue weighted by molar-refractivity contribution is -0.384. The third-order valence-electron chi connectivity index (χ3n) is 3.14. The molecular formula is C12H14N4O4S. The first kappa shape index (κ1) is 15.0. The van der Waals surface area contributed by atoms with Gasteiger partial charge < -0.3 is 0 Å². The monoisotopic (exact) mass is 310 g/mol. The van der Waals surface area contributed by atoms with Crippen LogP contribution in [0.2, 0.25) is 0 Å². The van der Waals surface area contributed by atoms with E-state index >= 15 is 0 Å². The first-order valence-corrected chi connectivity index (χ1v) is 7.47. The van der Waals surface area contributed by atoms with E-state index in [1.165, 1.54) is 29.1 Å². The molecule has 0 radical (unpaired) electrons. The van der Waals surface area contributed by atoms with Crippen LogP contribution in [0.3, 0.4) is 0 Å². The quantitative estimate of drug-likeness (QED) is 0.683. The van der Waals surface area contributed by atoms with E-state index in [1.54, 1.807) is 20.9 Å². The molecule has 1 N–H and O–H groups in total. The van der Waals surface area contributed by atoms with Crippen LogP contribution in [0.15, 0.2) is 29.3 Å². The van der Waals surface area contributed by atoms with Gasteiger partial charge in [0.2, 0.25) is 0 Å². The molecule has 0 spiro atoms. The Morgan fingerprint density at radius 3 is 2.48 bits per heavy atom. The summed E-state index contributed by atoms with van der Waals surface area (Å²) in [7, 11) is -2.14. The van der Waals surface area contributed by atoms with Gasteiger partial charge in [-0.15, -0.1) is 0 Å². The standard InChI is InChI=1S/C12H14N4O4S/c1-8-6-10(16(17)18)4-5-11(8)14-21(19,20)12-7-13-15(3)9(12)2/h4-7,14H,1-3H3. The Labute approximate surface area is 121 Å². The minimum absolute atomic E-state index is 0.0720. The minimum atomic E-state index is -3.78. The van der Waals surface area contributed by atoms with Crippen molar-refractivity contribution in [3.63, 3.8) is 0 Å². The van der Waals surface area contributed by atoms with Crippen molar-refractivity contribution < 1.29 is 13.3 Å². The van der Waals surface area contributed by atoms with Gasteiger partial charge in [0.15, 0.2) is 0 Å². The fraction of sp³-hybridized carbons (Fsp3) is 0.250. The lowest BCUT2D eigenvalue weighted by Crippen LogP contribution is -2.14. The summed E-state index contributed by atoms with van der Waals surface area (Å²) in [6.45, 7) is 3.24. The SMILES string of the molecule is Cc1cc([N+](=O)[O-])ccc1NS(=O)(=O)c1cnn(C)c1C. The maximum absolute atomic E-state index is 12.3. The van der Waals surface area contributed by atoms with Crippen LogP contribution in [0.25, 0.3) is 0 Å². The molecule has 2 rings (SSSR count). The van der Waals surface area contributed by atoms with Crippen LogP contribution in [0.5, 0.6) is 0 Å². The van der Waals surface area contributed by atoms with Gasteiger partial charge >= 0.3 is 0 Å². The predicted octanol–water partition coefficient (Wildman–Crippen LogP) is 1.75. The second-order valence-corrected chi connectivity index (χ2v) is 6.23. The second-order valence-electron chi connectivity index (χ2n) is 4.58. The summed E-state index contributed by atoms with van der Waals surface area (Å²) in [5, 5.41) is 14.6. The first-order chi connectivity index (χ1) is 9.72. The van der Waals surface area contributed by atoms with Crippen LogP contribution in [0.1, 0.15) is 11.3 Å². The summed E-state index contributed by atoms with van der Waals surface area (Å²) in [6.07, 6.45) is 1.26. The topological polar surface area (TPSA) is 107 Å². The van der Waals surface area contributed by atoms with Gasteiger partial charge in [-0.25, -0.2) is 8.42 Å². The highest BCUT2D eigenvalue weighted by atomic mass is 32.2. The number of sulfonamides is 1. The first-order valence-electron chi connectivity index (χ1n) is 5.99. The predicted molar refractivity (Wildman–Crippen MR) is 76.6 cm³/mol. The smallest absolute Gasteiger partial charge is 0.269 e. The Hall–Kier alpha value is -2.42. The van der Waals surface area contributed by atoms with Gasteiger partial charge in [-0.2, -0.15) is 5.10 Å². The zero-order valence-electron chi connectivity index (χ0n) is 11.7. The maximum atomic E-state index is 12.3. The lowest BCUT2D eigenvalue weighted by Gasteiger charge is -2.10. The van der Waals surface area contributed by atoms with Crippen LogP contribution < -0.4 is 4.72 Å². The van der Waals surface area contributed by atoms with E-state index in [1.807, 2.05) is 0 Å². The van der Waals surface area contributed by atoms with E-state index in [4.69, 9.17) is 0 Å². The van der Waals surface area contributed by atoms with Gasteiger partial charge in [0, 0.05) is 19.2 Å². The fourth-order valence-corrected chi connectivity index (χ4v) is 3.15.